The Morgan fingerprint density at radius 2 is 1.89 bits per heavy atom. The fraction of sp³-hybridized carbons (Fsp3) is 0.600. The van der Waals surface area contributed by atoms with Crippen LogP contribution in [0.3, 0.4) is 0 Å². The van der Waals surface area contributed by atoms with Crippen LogP contribution in [0.15, 0.2) is 18.2 Å². The Bertz CT molecular complexity index is 359. The molecule has 0 amide bonds. The summed E-state index contributed by atoms with van der Waals surface area (Å²) in [6.07, 6.45) is -0.516. The lowest BCUT2D eigenvalue weighted by Gasteiger charge is -2.14. The van der Waals surface area contributed by atoms with Gasteiger partial charge in [0.05, 0.1) is 12.7 Å². The van der Waals surface area contributed by atoms with Crippen LogP contribution in [0.4, 0.5) is 0 Å². The molecule has 0 heterocycles. The van der Waals surface area contributed by atoms with Crippen molar-refractivity contribution >= 4 is 0 Å². The van der Waals surface area contributed by atoms with Crippen LogP contribution in [0.25, 0.3) is 0 Å². The molecule has 102 valence electrons. The number of ether oxygens (including phenoxy) is 2. The summed E-state index contributed by atoms with van der Waals surface area (Å²) in [6.45, 7) is 9.82. The number of aryl methyl sites for hydroxylation is 1. The van der Waals surface area contributed by atoms with Gasteiger partial charge >= 0.3 is 0 Å². The summed E-state index contributed by atoms with van der Waals surface area (Å²) in [4.78, 5) is 0. The normalized spacial score (nSPS) is 12.8. The lowest BCUT2D eigenvalue weighted by molar-refractivity contribution is 0.0805. The second-order valence-corrected chi connectivity index (χ2v) is 5.03. The summed E-state index contributed by atoms with van der Waals surface area (Å²) in [5, 5.41) is 9.66. The van der Waals surface area contributed by atoms with E-state index in [1.54, 1.807) is 6.92 Å². The third-order valence-electron chi connectivity index (χ3n) is 2.56. The molecule has 1 aromatic rings. The van der Waals surface area contributed by atoms with E-state index in [0.29, 0.717) is 19.1 Å². The van der Waals surface area contributed by atoms with Crippen molar-refractivity contribution < 1.29 is 14.6 Å². The predicted molar refractivity (Wildman–Crippen MR) is 73.0 cm³/mol. The third kappa shape index (κ3) is 5.07. The molecule has 1 N–H and O–H groups in total. The second-order valence-electron chi connectivity index (χ2n) is 5.03. The Kier molecular flexibility index (Phi) is 6.16. The molecular formula is C15H24O3. The first-order valence-corrected chi connectivity index (χ1v) is 6.50. The highest BCUT2D eigenvalue weighted by molar-refractivity contribution is 5.38. The molecule has 0 aliphatic carbocycles. The zero-order chi connectivity index (χ0) is 13.5. The van der Waals surface area contributed by atoms with Crippen LogP contribution >= 0.6 is 0 Å². The maximum atomic E-state index is 9.66. The zero-order valence-electron chi connectivity index (χ0n) is 11.8. The monoisotopic (exact) mass is 252 g/mol. The van der Waals surface area contributed by atoms with E-state index in [9.17, 15) is 5.11 Å². The van der Waals surface area contributed by atoms with Gasteiger partial charge in [0.2, 0.25) is 0 Å². The molecule has 1 atom stereocenters. The van der Waals surface area contributed by atoms with Crippen molar-refractivity contribution in [3.8, 4) is 5.75 Å². The number of aliphatic hydroxyl groups excluding tert-OH is 1. The predicted octanol–water partition coefficient (Wildman–Crippen LogP) is 3.10. The Morgan fingerprint density at radius 1 is 1.17 bits per heavy atom. The summed E-state index contributed by atoms with van der Waals surface area (Å²) in [7, 11) is 0. The van der Waals surface area contributed by atoms with E-state index in [1.807, 2.05) is 25.1 Å². The van der Waals surface area contributed by atoms with E-state index in [2.05, 4.69) is 13.8 Å². The van der Waals surface area contributed by atoms with Crippen molar-refractivity contribution in [3.63, 3.8) is 0 Å². The lowest BCUT2D eigenvalue weighted by Crippen LogP contribution is -2.11. The molecule has 0 aromatic heterocycles. The van der Waals surface area contributed by atoms with Gasteiger partial charge in [0, 0.05) is 12.2 Å². The van der Waals surface area contributed by atoms with E-state index >= 15 is 0 Å². The molecule has 0 saturated heterocycles. The minimum Gasteiger partial charge on any atom is -0.491 e. The fourth-order valence-corrected chi connectivity index (χ4v) is 1.64. The van der Waals surface area contributed by atoms with Crippen molar-refractivity contribution in [2.24, 2.45) is 5.92 Å². The summed E-state index contributed by atoms with van der Waals surface area (Å²) < 4.78 is 11.1. The molecular weight excluding hydrogens is 228 g/mol. The van der Waals surface area contributed by atoms with E-state index in [1.165, 1.54) is 0 Å². The topological polar surface area (TPSA) is 38.7 Å². The van der Waals surface area contributed by atoms with Crippen LogP contribution in [0.1, 0.15) is 38.0 Å². The Labute approximate surface area is 110 Å². The minimum atomic E-state index is -0.516. The highest BCUT2D eigenvalue weighted by Gasteiger charge is 2.09. The molecule has 3 heteroatoms. The molecule has 3 nitrogen and oxygen atoms in total. The average molecular weight is 252 g/mol. The van der Waals surface area contributed by atoms with Gasteiger partial charge < -0.3 is 14.6 Å². The molecule has 18 heavy (non-hydrogen) atoms. The van der Waals surface area contributed by atoms with Crippen molar-refractivity contribution in [1.29, 1.82) is 0 Å². The van der Waals surface area contributed by atoms with E-state index < -0.39 is 6.10 Å². The van der Waals surface area contributed by atoms with Crippen molar-refractivity contribution in [2.45, 2.75) is 33.8 Å². The van der Waals surface area contributed by atoms with Crippen LogP contribution in [-0.4, -0.2) is 24.9 Å². The van der Waals surface area contributed by atoms with Crippen molar-refractivity contribution in [1.82, 2.24) is 0 Å². The zero-order valence-corrected chi connectivity index (χ0v) is 11.8. The molecule has 0 spiro atoms. The van der Waals surface area contributed by atoms with Gasteiger partial charge in [0.25, 0.3) is 0 Å². The first-order valence-electron chi connectivity index (χ1n) is 6.50. The Morgan fingerprint density at radius 3 is 2.50 bits per heavy atom. The summed E-state index contributed by atoms with van der Waals surface area (Å²) in [5.74, 6) is 1.29. The summed E-state index contributed by atoms with van der Waals surface area (Å²) in [6, 6.07) is 5.83. The van der Waals surface area contributed by atoms with E-state index in [0.717, 1.165) is 23.5 Å². The van der Waals surface area contributed by atoms with Gasteiger partial charge in [-0.15, -0.1) is 0 Å². The maximum Gasteiger partial charge on any atom is 0.125 e. The first-order chi connectivity index (χ1) is 8.50. The minimum absolute atomic E-state index is 0.510. The van der Waals surface area contributed by atoms with Crippen LogP contribution in [-0.2, 0) is 4.74 Å². The molecule has 1 aromatic carbocycles. The van der Waals surface area contributed by atoms with E-state index in [4.69, 9.17) is 9.47 Å². The summed E-state index contributed by atoms with van der Waals surface area (Å²) >= 11 is 0. The van der Waals surface area contributed by atoms with Gasteiger partial charge in [-0.25, -0.2) is 0 Å². The highest BCUT2D eigenvalue weighted by atomic mass is 16.5. The number of rotatable bonds is 7. The van der Waals surface area contributed by atoms with E-state index in [-0.39, 0.29) is 0 Å². The lowest BCUT2D eigenvalue weighted by atomic mass is 10.1. The number of hydrogen-bond acceptors (Lipinski definition) is 3. The number of aliphatic hydroxyl groups is 1. The van der Waals surface area contributed by atoms with Gasteiger partial charge in [0.15, 0.2) is 0 Å². The molecule has 0 aliphatic heterocycles. The van der Waals surface area contributed by atoms with Crippen molar-refractivity contribution in [3.05, 3.63) is 29.3 Å². The van der Waals surface area contributed by atoms with Gasteiger partial charge in [-0.3, -0.25) is 0 Å². The molecule has 0 unspecified atom stereocenters. The van der Waals surface area contributed by atoms with Gasteiger partial charge in [-0.05, 0) is 31.4 Å². The smallest absolute Gasteiger partial charge is 0.125 e. The van der Waals surface area contributed by atoms with Crippen molar-refractivity contribution in [2.75, 3.05) is 19.8 Å². The second kappa shape index (κ2) is 7.39. The molecule has 0 fully saturated rings. The highest BCUT2D eigenvalue weighted by Crippen LogP contribution is 2.26. The molecule has 0 saturated carbocycles. The number of hydrogen-bond donors (Lipinski definition) is 1. The molecule has 0 radical (unpaired) electrons. The largest absolute Gasteiger partial charge is 0.491 e. The van der Waals surface area contributed by atoms with Gasteiger partial charge in [0.1, 0.15) is 12.4 Å². The first kappa shape index (κ1) is 15.0. The molecule has 0 bridgehead atoms. The van der Waals surface area contributed by atoms with Gasteiger partial charge in [-0.1, -0.05) is 26.0 Å². The third-order valence-corrected chi connectivity index (χ3v) is 2.56. The fourth-order valence-electron chi connectivity index (χ4n) is 1.64. The SMILES string of the molecule is Cc1ccc([C@H](C)O)c(OCCOCC(C)C)c1. The number of benzene rings is 1. The quantitative estimate of drug-likeness (QED) is 0.758. The van der Waals surface area contributed by atoms with Crippen LogP contribution in [0, 0.1) is 12.8 Å². The Hall–Kier alpha value is -1.06. The standard InChI is InChI=1S/C15H24O3/c1-11(2)10-17-7-8-18-15-9-12(3)5-6-14(15)13(4)16/h5-6,9,11,13,16H,7-8,10H2,1-4H3/t13-/m0/s1. The molecule has 1 rings (SSSR count). The summed E-state index contributed by atoms with van der Waals surface area (Å²) in [5.41, 5.74) is 1.95. The molecule has 0 aliphatic rings. The Balaban J connectivity index is 2.48. The average Bonchev–Trinajstić information content (AvgIpc) is 2.27. The maximum absolute atomic E-state index is 9.66. The van der Waals surface area contributed by atoms with Crippen LogP contribution in [0.5, 0.6) is 5.75 Å². The van der Waals surface area contributed by atoms with Gasteiger partial charge in [-0.2, -0.15) is 0 Å². The van der Waals surface area contributed by atoms with Crippen LogP contribution in [0.2, 0.25) is 0 Å². The van der Waals surface area contributed by atoms with Crippen LogP contribution < -0.4 is 4.74 Å².